The number of carbonyl (C=O) groups excluding carboxylic acids is 1. The number of pyridine rings is 1. The van der Waals surface area contributed by atoms with Crippen LogP contribution in [0.2, 0.25) is 0 Å². The fourth-order valence-electron chi connectivity index (χ4n) is 3.57. The van der Waals surface area contributed by atoms with E-state index in [0.29, 0.717) is 21.7 Å². The van der Waals surface area contributed by atoms with Gasteiger partial charge < -0.3 is 15.8 Å². The minimum absolute atomic E-state index is 0.0866. The van der Waals surface area contributed by atoms with E-state index in [4.69, 9.17) is 5.41 Å². The number of phenols is 1. The highest BCUT2D eigenvalue weighted by Gasteiger charge is 2.22. The van der Waals surface area contributed by atoms with Crippen molar-refractivity contribution in [1.82, 2.24) is 10.3 Å². The van der Waals surface area contributed by atoms with Gasteiger partial charge in [0, 0.05) is 40.5 Å². The zero-order chi connectivity index (χ0) is 22.5. The molecule has 4 aromatic rings. The molecule has 2 heterocycles. The predicted molar refractivity (Wildman–Crippen MR) is 128 cm³/mol. The molecule has 2 aromatic carbocycles. The van der Waals surface area contributed by atoms with Gasteiger partial charge >= 0.3 is 0 Å². The van der Waals surface area contributed by atoms with E-state index in [9.17, 15) is 9.90 Å². The molecule has 1 atom stereocenters. The lowest BCUT2D eigenvalue weighted by Crippen LogP contribution is -2.29. The van der Waals surface area contributed by atoms with Gasteiger partial charge in [-0.25, -0.2) is 0 Å². The van der Waals surface area contributed by atoms with E-state index in [2.05, 4.69) is 10.3 Å². The second-order valence-electron chi connectivity index (χ2n) is 7.49. The molecule has 0 aliphatic carbocycles. The molecule has 0 saturated heterocycles. The minimum atomic E-state index is -0.555. The number of rotatable bonds is 7. The van der Waals surface area contributed by atoms with Crippen LogP contribution in [-0.2, 0) is 0 Å². The number of thiophene rings is 1. The van der Waals surface area contributed by atoms with Crippen LogP contribution < -0.4 is 5.32 Å². The molecule has 1 amide bonds. The zero-order valence-corrected chi connectivity index (χ0v) is 18.4. The second kappa shape index (κ2) is 9.58. The Bertz CT molecular complexity index is 1250. The van der Waals surface area contributed by atoms with Crippen LogP contribution in [0.25, 0.3) is 10.4 Å². The number of hydrogen-bond donors (Lipinski definition) is 3. The van der Waals surface area contributed by atoms with Crippen LogP contribution in [0.1, 0.15) is 38.8 Å². The average molecular weight is 442 g/mol. The van der Waals surface area contributed by atoms with E-state index in [-0.39, 0.29) is 18.1 Å². The Labute approximate surface area is 190 Å². The first kappa shape index (κ1) is 21.5. The Balaban J connectivity index is 1.58. The van der Waals surface area contributed by atoms with E-state index in [0.717, 1.165) is 16.0 Å². The number of hydrogen-bond acceptors (Lipinski definition) is 5. The number of nitrogens with one attached hydrogen (secondary N) is 2. The Morgan fingerprint density at radius 2 is 1.84 bits per heavy atom. The number of aryl methyl sites for hydroxylation is 1. The molecule has 0 fully saturated rings. The van der Waals surface area contributed by atoms with Crippen LogP contribution >= 0.6 is 11.3 Å². The van der Waals surface area contributed by atoms with Crippen LogP contribution in [-0.4, -0.2) is 21.7 Å². The highest BCUT2D eigenvalue weighted by atomic mass is 32.1. The normalized spacial score (nSPS) is 11.7. The van der Waals surface area contributed by atoms with Gasteiger partial charge in [0.1, 0.15) is 5.75 Å². The molecular weight excluding hydrogens is 418 g/mol. The third-order valence-electron chi connectivity index (χ3n) is 5.28. The molecule has 32 heavy (non-hydrogen) atoms. The summed E-state index contributed by atoms with van der Waals surface area (Å²) in [6.45, 7) is 2.05. The van der Waals surface area contributed by atoms with E-state index in [1.54, 1.807) is 36.7 Å². The molecule has 0 bridgehead atoms. The topological polar surface area (TPSA) is 86.1 Å². The number of amides is 1. The minimum Gasteiger partial charge on any atom is -0.508 e. The maximum Gasteiger partial charge on any atom is 0.261 e. The molecule has 0 saturated carbocycles. The summed E-state index contributed by atoms with van der Waals surface area (Å²) in [6.07, 6.45) is 3.51. The standard InChI is InChI=1S/C26H23N3O2S/c1-17-7-2-3-9-19(17)24-12-13-25(32-24)26(31)29-22(20-10-4-5-11-23(20)30)15-21(27)18-8-6-14-28-16-18/h2-14,16,22,27,30H,15H2,1H3,(H,29,31). The molecule has 1 unspecified atom stereocenters. The van der Waals surface area contributed by atoms with Crippen molar-refractivity contribution in [1.29, 1.82) is 5.41 Å². The molecule has 0 aliphatic rings. The Morgan fingerprint density at radius 3 is 2.59 bits per heavy atom. The number of phenolic OH excluding ortho intramolecular Hbond substituents is 1. The van der Waals surface area contributed by atoms with Crippen molar-refractivity contribution >= 4 is 23.0 Å². The summed E-state index contributed by atoms with van der Waals surface area (Å²) < 4.78 is 0. The summed E-state index contributed by atoms with van der Waals surface area (Å²) in [7, 11) is 0. The fraction of sp³-hybridized carbons (Fsp3) is 0.115. The third-order valence-corrected chi connectivity index (χ3v) is 6.39. The monoisotopic (exact) mass is 441 g/mol. The van der Waals surface area contributed by atoms with Gasteiger partial charge in [0.2, 0.25) is 0 Å². The Hall–Kier alpha value is -3.77. The summed E-state index contributed by atoms with van der Waals surface area (Å²) in [5.74, 6) is -0.148. The van der Waals surface area contributed by atoms with E-state index in [1.165, 1.54) is 11.3 Å². The molecule has 5 nitrogen and oxygen atoms in total. The van der Waals surface area contributed by atoms with Crippen molar-refractivity contribution in [3.63, 3.8) is 0 Å². The smallest absolute Gasteiger partial charge is 0.261 e. The Morgan fingerprint density at radius 1 is 1.06 bits per heavy atom. The summed E-state index contributed by atoms with van der Waals surface area (Å²) in [4.78, 5) is 18.8. The number of nitrogens with zero attached hydrogens (tertiary/aromatic N) is 1. The quantitative estimate of drug-likeness (QED) is 0.319. The van der Waals surface area contributed by atoms with Gasteiger partial charge in [0.15, 0.2) is 0 Å². The third kappa shape index (κ3) is 4.76. The molecule has 2 aromatic heterocycles. The molecule has 3 N–H and O–H groups in total. The van der Waals surface area contributed by atoms with Crippen LogP contribution in [0.4, 0.5) is 0 Å². The van der Waals surface area contributed by atoms with Gasteiger partial charge in [-0.1, -0.05) is 48.5 Å². The van der Waals surface area contributed by atoms with Crippen molar-refractivity contribution in [2.45, 2.75) is 19.4 Å². The first-order chi connectivity index (χ1) is 15.5. The highest BCUT2D eigenvalue weighted by molar-refractivity contribution is 7.17. The van der Waals surface area contributed by atoms with Crippen LogP contribution in [0.15, 0.2) is 85.2 Å². The van der Waals surface area contributed by atoms with Crippen molar-refractivity contribution in [3.8, 4) is 16.2 Å². The van der Waals surface area contributed by atoms with Crippen molar-refractivity contribution in [2.75, 3.05) is 0 Å². The molecule has 0 radical (unpaired) electrons. The van der Waals surface area contributed by atoms with E-state index >= 15 is 0 Å². The van der Waals surface area contributed by atoms with Gasteiger partial charge in [0.25, 0.3) is 5.91 Å². The van der Waals surface area contributed by atoms with E-state index in [1.807, 2.05) is 55.5 Å². The van der Waals surface area contributed by atoms with Crippen LogP contribution in [0, 0.1) is 12.3 Å². The number of para-hydroxylation sites is 1. The van der Waals surface area contributed by atoms with Gasteiger partial charge in [0.05, 0.1) is 10.9 Å². The first-order valence-corrected chi connectivity index (χ1v) is 11.1. The maximum atomic E-state index is 13.1. The van der Waals surface area contributed by atoms with Crippen LogP contribution in [0.3, 0.4) is 0 Å². The molecular formula is C26H23N3O2S. The van der Waals surface area contributed by atoms with Crippen molar-refractivity contribution < 1.29 is 9.90 Å². The number of carbonyl (C=O) groups is 1. The molecule has 4 rings (SSSR count). The van der Waals surface area contributed by atoms with Crippen LogP contribution in [0.5, 0.6) is 5.75 Å². The average Bonchev–Trinajstić information content (AvgIpc) is 3.30. The Kier molecular flexibility index (Phi) is 6.42. The van der Waals surface area contributed by atoms with E-state index < -0.39 is 6.04 Å². The SMILES string of the molecule is Cc1ccccc1-c1ccc(C(=O)NC(CC(=N)c2cccnc2)c2ccccc2O)s1. The molecule has 160 valence electrons. The zero-order valence-electron chi connectivity index (χ0n) is 17.6. The predicted octanol–water partition coefficient (Wildman–Crippen LogP) is 5.75. The maximum absolute atomic E-state index is 13.1. The molecule has 0 aliphatic heterocycles. The largest absolute Gasteiger partial charge is 0.508 e. The van der Waals surface area contributed by atoms with Crippen molar-refractivity contribution in [3.05, 3.63) is 107 Å². The molecule has 6 heteroatoms. The summed E-state index contributed by atoms with van der Waals surface area (Å²) in [5.41, 5.74) is 3.84. The van der Waals surface area contributed by atoms with Gasteiger partial charge in [-0.15, -0.1) is 11.3 Å². The number of benzene rings is 2. The summed E-state index contributed by atoms with van der Waals surface area (Å²) >= 11 is 1.43. The summed E-state index contributed by atoms with van der Waals surface area (Å²) in [6, 6.07) is 21.8. The van der Waals surface area contributed by atoms with Gasteiger partial charge in [-0.2, -0.15) is 0 Å². The lowest BCUT2D eigenvalue weighted by molar-refractivity contribution is 0.0941. The number of aromatic hydroxyl groups is 1. The molecule has 0 spiro atoms. The first-order valence-electron chi connectivity index (χ1n) is 10.3. The van der Waals surface area contributed by atoms with Gasteiger partial charge in [-0.05, 0) is 42.3 Å². The number of aromatic nitrogens is 1. The fourth-order valence-corrected chi connectivity index (χ4v) is 4.57. The van der Waals surface area contributed by atoms with Crippen molar-refractivity contribution in [2.24, 2.45) is 0 Å². The van der Waals surface area contributed by atoms with Gasteiger partial charge in [-0.3, -0.25) is 9.78 Å². The second-order valence-corrected chi connectivity index (χ2v) is 8.57. The highest BCUT2D eigenvalue weighted by Crippen LogP contribution is 2.32. The lowest BCUT2D eigenvalue weighted by atomic mass is 9.97. The lowest BCUT2D eigenvalue weighted by Gasteiger charge is -2.20. The summed E-state index contributed by atoms with van der Waals surface area (Å²) in [5, 5.41) is 21.9.